The van der Waals surface area contributed by atoms with E-state index in [1.54, 1.807) is 20.9 Å². The topological polar surface area (TPSA) is 82.5 Å². The zero-order valence-corrected chi connectivity index (χ0v) is 13.5. The molecule has 2 N–H and O–H groups in total. The Hall–Kier alpha value is -0.700. The minimum Gasteiger partial charge on any atom is -0.395 e. The van der Waals surface area contributed by atoms with Gasteiger partial charge in [0.2, 0.25) is 10.0 Å². The summed E-state index contributed by atoms with van der Waals surface area (Å²) in [5, 5.41) is 11.8. The second-order valence-corrected chi connectivity index (χ2v) is 6.96. The Balaban J connectivity index is 3.36. The maximum Gasteiger partial charge on any atom is 0.247 e. The molecule has 0 atom stereocenters. The van der Waals surface area contributed by atoms with Gasteiger partial charge in [-0.1, -0.05) is 0 Å². The minimum atomic E-state index is -3.71. The summed E-state index contributed by atoms with van der Waals surface area (Å²) in [4.78, 5) is 4.13. The van der Waals surface area contributed by atoms with Crippen LogP contribution < -0.4 is 5.32 Å². The number of anilines is 1. The van der Waals surface area contributed by atoms with Crippen molar-refractivity contribution in [3.8, 4) is 0 Å². The highest BCUT2D eigenvalue weighted by atomic mass is 79.9. The lowest BCUT2D eigenvalue weighted by Crippen LogP contribution is -2.39. The Labute approximate surface area is 122 Å². The zero-order chi connectivity index (χ0) is 14.6. The van der Waals surface area contributed by atoms with Gasteiger partial charge in [-0.05, 0) is 35.8 Å². The van der Waals surface area contributed by atoms with Crippen LogP contribution in [0.2, 0.25) is 0 Å². The van der Waals surface area contributed by atoms with E-state index in [1.165, 1.54) is 16.6 Å². The van der Waals surface area contributed by atoms with Gasteiger partial charge in [0.1, 0.15) is 10.7 Å². The summed E-state index contributed by atoms with van der Waals surface area (Å²) in [6.07, 6.45) is 1.52. The largest absolute Gasteiger partial charge is 0.395 e. The Morgan fingerprint density at radius 2 is 2.16 bits per heavy atom. The molecule has 1 rings (SSSR count). The minimum absolute atomic E-state index is 0.0513. The van der Waals surface area contributed by atoms with Crippen LogP contribution in [-0.2, 0) is 10.0 Å². The molecule has 1 aromatic heterocycles. The average Bonchev–Trinajstić information content (AvgIpc) is 2.35. The van der Waals surface area contributed by atoms with E-state index in [-0.39, 0.29) is 29.9 Å². The molecule has 0 bridgehead atoms. The fourth-order valence-corrected chi connectivity index (χ4v) is 3.97. The SMILES string of the molecule is CNc1ncc(Br)cc1S(=O)(=O)N(CCO)C(C)C. The molecule has 0 aliphatic carbocycles. The summed E-state index contributed by atoms with van der Waals surface area (Å²) in [7, 11) is -2.10. The number of rotatable bonds is 6. The van der Waals surface area contributed by atoms with Crippen LogP contribution in [0.1, 0.15) is 13.8 Å². The van der Waals surface area contributed by atoms with Crippen molar-refractivity contribution in [2.75, 3.05) is 25.5 Å². The van der Waals surface area contributed by atoms with Crippen LogP contribution >= 0.6 is 15.9 Å². The van der Waals surface area contributed by atoms with Crippen LogP contribution in [0, 0.1) is 0 Å². The van der Waals surface area contributed by atoms with Crippen LogP contribution in [0.15, 0.2) is 21.6 Å². The van der Waals surface area contributed by atoms with Gasteiger partial charge in [-0.25, -0.2) is 13.4 Å². The summed E-state index contributed by atoms with van der Waals surface area (Å²) in [6.45, 7) is 3.35. The smallest absolute Gasteiger partial charge is 0.247 e. The molecule has 0 spiro atoms. The Morgan fingerprint density at radius 1 is 1.53 bits per heavy atom. The molecule has 0 fully saturated rings. The molecule has 108 valence electrons. The predicted molar refractivity (Wildman–Crippen MR) is 77.6 cm³/mol. The van der Waals surface area contributed by atoms with E-state index >= 15 is 0 Å². The molecule has 0 aromatic carbocycles. The van der Waals surface area contributed by atoms with Crippen molar-refractivity contribution in [3.05, 3.63) is 16.7 Å². The third-order valence-electron chi connectivity index (χ3n) is 2.54. The van der Waals surface area contributed by atoms with Crippen molar-refractivity contribution < 1.29 is 13.5 Å². The molecule has 6 nitrogen and oxygen atoms in total. The molecule has 19 heavy (non-hydrogen) atoms. The lowest BCUT2D eigenvalue weighted by Gasteiger charge is -2.25. The number of aromatic nitrogens is 1. The number of sulfonamides is 1. The van der Waals surface area contributed by atoms with Crippen molar-refractivity contribution in [2.45, 2.75) is 24.8 Å². The molecular weight excluding hydrogens is 334 g/mol. The van der Waals surface area contributed by atoms with Crippen LogP contribution in [0.4, 0.5) is 5.82 Å². The molecular formula is C11H18BrN3O3S. The van der Waals surface area contributed by atoms with Crippen molar-refractivity contribution >= 4 is 31.8 Å². The highest BCUT2D eigenvalue weighted by Crippen LogP contribution is 2.26. The highest BCUT2D eigenvalue weighted by molar-refractivity contribution is 9.10. The molecule has 0 saturated heterocycles. The van der Waals surface area contributed by atoms with E-state index in [0.29, 0.717) is 4.47 Å². The fourth-order valence-electron chi connectivity index (χ4n) is 1.69. The number of nitrogens with zero attached hydrogens (tertiary/aromatic N) is 2. The number of pyridine rings is 1. The van der Waals surface area contributed by atoms with Gasteiger partial charge in [-0.15, -0.1) is 0 Å². The van der Waals surface area contributed by atoms with Crippen molar-refractivity contribution in [1.29, 1.82) is 0 Å². The lowest BCUT2D eigenvalue weighted by molar-refractivity contribution is 0.236. The number of nitrogens with one attached hydrogen (secondary N) is 1. The first kappa shape index (κ1) is 16.4. The standard InChI is InChI=1S/C11H18BrN3O3S/c1-8(2)15(4-5-16)19(17,18)10-6-9(12)7-14-11(10)13-3/h6-8,16H,4-5H2,1-3H3,(H,13,14). The van der Waals surface area contributed by atoms with Crippen molar-refractivity contribution in [1.82, 2.24) is 9.29 Å². The number of hydrogen-bond acceptors (Lipinski definition) is 5. The Bertz CT molecular complexity index is 534. The van der Waals surface area contributed by atoms with E-state index in [1.807, 2.05) is 0 Å². The third-order valence-corrected chi connectivity index (χ3v) is 5.06. The quantitative estimate of drug-likeness (QED) is 0.806. The summed E-state index contributed by atoms with van der Waals surface area (Å²) >= 11 is 3.22. The van der Waals surface area contributed by atoms with E-state index in [2.05, 4.69) is 26.2 Å². The third kappa shape index (κ3) is 3.65. The van der Waals surface area contributed by atoms with E-state index in [4.69, 9.17) is 5.11 Å². The average molecular weight is 352 g/mol. The maximum atomic E-state index is 12.6. The molecule has 0 aliphatic rings. The van der Waals surface area contributed by atoms with Crippen LogP contribution in [0.25, 0.3) is 0 Å². The normalized spacial score (nSPS) is 12.2. The van der Waals surface area contributed by atoms with E-state index in [9.17, 15) is 8.42 Å². The Morgan fingerprint density at radius 3 is 2.63 bits per heavy atom. The van der Waals surface area contributed by atoms with Gasteiger partial charge in [-0.3, -0.25) is 0 Å². The van der Waals surface area contributed by atoms with Gasteiger partial charge in [0.05, 0.1) is 6.61 Å². The molecule has 0 radical (unpaired) electrons. The first-order chi connectivity index (χ1) is 8.84. The summed E-state index contributed by atoms with van der Waals surface area (Å²) in [6, 6.07) is 1.25. The second-order valence-electron chi connectivity index (χ2n) is 4.18. The van der Waals surface area contributed by atoms with Crippen LogP contribution in [0.5, 0.6) is 0 Å². The molecule has 1 heterocycles. The molecule has 0 amide bonds. The summed E-state index contributed by atoms with van der Waals surface area (Å²) in [5.41, 5.74) is 0. The van der Waals surface area contributed by atoms with Gasteiger partial charge >= 0.3 is 0 Å². The van der Waals surface area contributed by atoms with E-state index < -0.39 is 10.0 Å². The Kier molecular flexibility index (Phi) is 5.72. The molecule has 0 unspecified atom stereocenters. The molecule has 8 heteroatoms. The first-order valence-electron chi connectivity index (χ1n) is 5.80. The second kappa shape index (κ2) is 6.65. The number of halogens is 1. The van der Waals surface area contributed by atoms with Gasteiger partial charge in [0.25, 0.3) is 0 Å². The number of aliphatic hydroxyl groups is 1. The van der Waals surface area contributed by atoms with Gasteiger partial charge < -0.3 is 10.4 Å². The van der Waals surface area contributed by atoms with Gasteiger partial charge in [-0.2, -0.15) is 4.31 Å². The van der Waals surface area contributed by atoms with Gasteiger partial charge in [0.15, 0.2) is 0 Å². The predicted octanol–water partition coefficient (Wildman–Crippen LogP) is 1.28. The molecule has 0 aliphatic heterocycles. The summed E-state index contributed by atoms with van der Waals surface area (Å²) < 4.78 is 27.0. The van der Waals surface area contributed by atoms with Crippen molar-refractivity contribution in [3.63, 3.8) is 0 Å². The maximum absolute atomic E-state index is 12.6. The lowest BCUT2D eigenvalue weighted by atomic mass is 10.4. The number of hydrogen-bond donors (Lipinski definition) is 2. The van der Waals surface area contributed by atoms with Crippen molar-refractivity contribution in [2.24, 2.45) is 0 Å². The fraction of sp³-hybridized carbons (Fsp3) is 0.545. The van der Waals surface area contributed by atoms with E-state index in [0.717, 1.165) is 0 Å². The summed E-state index contributed by atoms with van der Waals surface area (Å²) in [5.74, 6) is 0.284. The van der Waals surface area contributed by atoms with Crippen LogP contribution in [-0.4, -0.2) is 49.1 Å². The zero-order valence-electron chi connectivity index (χ0n) is 11.1. The van der Waals surface area contributed by atoms with Gasteiger partial charge in [0, 0.05) is 30.3 Å². The molecule has 1 aromatic rings. The molecule has 0 saturated carbocycles. The highest BCUT2D eigenvalue weighted by Gasteiger charge is 2.29. The number of aliphatic hydroxyl groups excluding tert-OH is 1. The van der Waals surface area contributed by atoms with Crippen LogP contribution in [0.3, 0.4) is 0 Å². The first-order valence-corrected chi connectivity index (χ1v) is 8.04. The monoisotopic (exact) mass is 351 g/mol.